The Balaban J connectivity index is 2.13. The van der Waals surface area contributed by atoms with Crippen molar-refractivity contribution in [2.45, 2.75) is 339 Å². The summed E-state index contributed by atoms with van der Waals surface area (Å²) in [6.07, 6.45) is 68.8. The lowest BCUT2D eigenvalue weighted by Crippen LogP contribution is -2.60. The lowest BCUT2D eigenvalue weighted by molar-refractivity contribution is -0.302. The van der Waals surface area contributed by atoms with Crippen LogP contribution in [-0.2, 0) is 14.3 Å². The quantitative estimate of drug-likeness (QED) is 0.0261. The third-order valence-electron chi connectivity index (χ3n) is 15.1. The van der Waals surface area contributed by atoms with Gasteiger partial charge in [-0.25, -0.2) is 0 Å². The molecule has 0 saturated carbocycles. The number of hydrogen-bond acceptors (Lipinski definition) is 8. The number of carbonyl (C=O) groups excluding carboxylic acids is 1. The number of aliphatic hydroxyl groups is 5. The van der Waals surface area contributed by atoms with Crippen LogP contribution in [0, 0.1) is 0 Å². The van der Waals surface area contributed by atoms with Crippen LogP contribution in [0.5, 0.6) is 0 Å². The van der Waals surface area contributed by atoms with Crippen molar-refractivity contribution in [2.24, 2.45) is 0 Å². The summed E-state index contributed by atoms with van der Waals surface area (Å²) in [7, 11) is 0. The smallest absolute Gasteiger partial charge is 0.220 e. The Kier molecular flexibility index (Phi) is 52.2. The van der Waals surface area contributed by atoms with Gasteiger partial charge in [-0.15, -0.1) is 0 Å². The molecule has 9 nitrogen and oxygen atoms in total. The Morgan fingerprint density at radius 2 is 0.827 bits per heavy atom. The zero-order valence-electron chi connectivity index (χ0n) is 48.8. The molecule has 1 rings (SSSR count). The van der Waals surface area contributed by atoms with Crippen LogP contribution in [0.15, 0.2) is 60.8 Å². The fourth-order valence-corrected chi connectivity index (χ4v) is 10.1. The number of amides is 1. The first kappa shape index (κ1) is 70.9. The molecule has 1 heterocycles. The molecule has 9 heteroatoms. The Hall–Kier alpha value is -2.11. The van der Waals surface area contributed by atoms with Crippen LogP contribution in [0.3, 0.4) is 0 Å². The number of nitrogens with one attached hydrogen (secondary N) is 1. The minimum atomic E-state index is -1.57. The van der Waals surface area contributed by atoms with E-state index in [1.54, 1.807) is 6.08 Å². The second-order valence-electron chi connectivity index (χ2n) is 22.2. The molecule has 438 valence electrons. The number of allylic oxidation sites excluding steroid dienone is 9. The third-order valence-corrected chi connectivity index (χ3v) is 15.1. The van der Waals surface area contributed by atoms with Gasteiger partial charge in [0.25, 0.3) is 0 Å². The normalized spacial score (nSPS) is 19.3. The number of hydrogen-bond donors (Lipinski definition) is 6. The summed E-state index contributed by atoms with van der Waals surface area (Å²) in [6.45, 7) is 3.70. The second-order valence-corrected chi connectivity index (χ2v) is 22.2. The molecule has 1 fully saturated rings. The maximum absolute atomic E-state index is 13.1. The summed E-state index contributed by atoms with van der Waals surface area (Å²) in [5.74, 6) is -0.173. The summed E-state index contributed by atoms with van der Waals surface area (Å²) in [5.41, 5.74) is 0. The van der Waals surface area contributed by atoms with E-state index in [1.807, 2.05) is 6.08 Å². The van der Waals surface area contributed by atoms with Gasteiger partial charge in [-0.2, -0.15) is 0 Å². The summed E-state index contributed by atoms with van der Waals surface area (Å²) in [5, 5.41) is 54.6. The minimum Gasteiger partial charge on any atom is -0.394 e. The van der Waals surface area contributed by atoms with Crippen LogP contribution in [-0.4, -0.2) is 87.5 Å². The zero-order chi connectivity index (χ0) is 54.3. The molecule has 7 unspecified atom stereocenters. The van der Waals surface area contributed by atoms with Gasteiger partial charge in [0.05, 0.1) is 25.4 Å². The summed E-state index contributed by atoms with van der Waals surface area (Å²) >= 11 is 0. The van der Waals surface area contributed by atoms with E-state index in [0.29, 0.717) is 6.42 Å². The Morgan fingerprint density at radius 1 is 0.467 bits per heavy atom. The summed E-state index contributed by atoms with van der Waals surface area (Å²) in [4.78, 5) is 13.1. The number of ether oxygens (including phenoxy) is 2. The van der Waals surface area contributed by atoms with Crippen LogP contribution in [0.2, 0.25) is 0 Å². The van der Waals surface area contributed by atoms with Crippen molar-refractivity contribution in [1.82, 2.24) is 5.32 Å². The highest BCUT2D eigenvalue weighted by Crippen LogP contribution is 2.23. The lowest BCUT2D eigenvalue weighted by Gasteiger charge is -2.40. The van der Waals surface area contributed by atoms with E-state index < -0.39 is 49.5 Å². The molecule has 0 aliphatic carbocycles. The van der Waals surface area contributed by atoms with Crippen LogP contribution < -0.4 is 5.32 Å². The highest BCUT2D eigenvalue weighted by molar-refractivity contribution is 5.76. The molecule has 0 aromatic carbocycles. The van der Waals surface area contributed by atoms with Crippen molar-refractivity contribution in [3.05, 3.63) is 60.8 Å². The van der Waals surface area contributed by atoms with Gasteiger partial charge in [-0.1, -0.05) is 293 Å². The fraction of sp³-hybridized carbons (Fsp3) is 0.833. The fourth-order valence-electron chi connectivity index (χ4n) is 10.1. The number of carbonyl (C=O) groups is 1. The van der Waals surface area contributed by atoms with E-state index in [9.17, 15) is 30.3 Å². The van der Waals surface area contributed by atoms with Gasteiger partial charge < -0.3 is 40.3 Å². The standard InChI is InChI=1S/C66H121NO8/c1-3-5-7-9-11-13-15-17-19-21-23-24-25-26-27-28-29-30-31-32-33-34-35-36-38-40-42-44-46-48-50-52-54-56-62(70)67-59(58-74-66-65(73)64(72)63(71)61(57-68)75-66)60(69)55-53-51-49-47-45-43-41-39-37-22-20-18-16-14-12-10-8-6-4-2/h5,7,11,13,17,19,23-24,53,55,59-61,63-66,68-69,71-73H,3-4,6,8-10,12,14-16,18,20-22,25-52,54,56-58H2,1-2H3,(H,67,70)/b7-5-,13-11-,19-17-,24-23-,55-53+. The highest BCUT2D eigenvalue weighted by atomic mass is 16.7. The minimum absolute atomic E-state index is 0.173. The average molecular weight is 1060 g/mol. The molecule has 1 aliphatic rings. The molecule has 0 radical (unpaired) electrons. The maximum Gasteiger partial charge on any atom is 0.220 e. The average Bonchev–Trinajstić information content (AvgIpc) is 3.41. The van der Waals surface area contributed by atoms with Crippen molar-refractivity contribution in [1.29, 1.82) is 0 Å². The van der Waals surface area contributed by atoms with Gasteiger partial charge >= 0.3 is 0 Å². The lowest BCUT2D eigenvalue weighted by atomic mass is 9.99. The van der Waals surface area contributed by atoms with E-state index in [2.05, 4.69) is 67.8 Å². The molecular weight excluding hydrogens is 935 g/mol. The van der Waals surface area contributed by atoms with Crippen LogP contribution in [0.4, 0.5) is 0 Å². The van der Waals surface area contributed by atoms with Gasteiger partial charge in [-0.3, -0.25) is 4.79 Å². The summed E-state index contributed by atoms with van der Waals surface area (Å²) < 4.78 is 11.3. The first-order valence-electron chi connectivity index (χ1n) is 32.0. The zero-order valence-corrected chi connectivity index (χ0v) is 48.8. The SMILES string of the molecule is CC/C=C\C/C=C\C/C=C\C/C=C\CCCCCCCCCCCCCCCCCCCCCCC(=O)NC(COC1OC(CO)C(O)C(O)C1O)C(O)/C=C/CCCCCCCCCCCCCCCCCCC. The van der Waals surface area contributed by atoms with Crippen molar-refractivity contribution >= 4 is 5.91 Å². The van der Waals surface area contributed by atoms with Crippen LogP contribution in [0.1, 0.15) is 296 Å². The molecule has 6 N–H and O–H groups in total. The first-order valence-corrected chi connectivity index (χ1v) is 32.0. The van der Waals surface area contributed by atoms with Gasteiger partial charge in [0.15, 0.2) is 6.29 Å². The molecule has 7 atom stereocenters. The molecule has 75 heavy (non-hydrogen) atoms. The van der Waals surface area contributed by atoms with Gasteiger partial charge in [-0.05, 0) is 57.8 Å². The molecular formula is C66H121NO8. The van der Waals surface area contributed by atoms with Crippen LogP contribution in [0.25, 0.3) is 0 Å². The topological polar surface area (TPSA) is 149 Å². The van der Waals surface area contributed by atoms with E-state index in [-0.39, 0.29) is 12.5 Å². The van der Waals surface area contributed by atoms with E-state index in [1.165, 1.54) is 212 Å². The maximum atomic E-state index is 13.1. The van der Waals surface area contributed by atoms with Crippen molar-refractivity contribution in [3.63, 3.8) is 0 Å². The number of rotatable bonds is 55. The monoisotopic (exact) mass is 1060 g/mol. The molecule has 0 bridgehead atoms. The van der Waals surface area contributed by atoms with Crippen molar-refractivity contribution in [3.8, 4) is 0 Å². The highest BCUT2D eigenvalue weighted by Gasteiger charge is 2.44. The Labute approximate surface area is 462 Å². The predicted molar refractivity (Wildman–Crippen MR) is 318 cm³/mol. The van der Waals surface area contributed by atoms with E-state index >= 15 is 0 Å². The van der Waals surface area contributed by atoms with Crippen molar-refractivity contribution in [2.75, 3.05) is 13.2 Å². The molecule has 1 aliphatic heterocycles. The van der Waals surface area contributed by atoms with Crippen molar-refractivity contribution < 1.29 is 39.8 Å². The molecule has 0 aromatic heterocycles. The molecule has 1 saturated heterocycles. The Morgan fingerprint density at radius 3 is 1.23 bits per heavy atom. The molecule has 1 amide bonds. The molecule has 0 aromatic rings. The van der Waals surface area contributed by atoms with E-state index in [4.69, 9.17) is 9.47 Å². The number of unbranched alkanes of at least 4 members (excludes halogenated alkanes) is 37. The molecule has 0 spiro atoms. The second kappa shape index (κ2) is 55.2. The largest absolute Gasteiger partial charge is 0.394 e. The van der Waals surface area contributed by atoms with Gasteiger partial charge in [0.2, 0.25) is 5.91 Å². The first-order chi connectivity index (χ1) is 36.8. The van der Waals surface area contributed by atoms with Gasteiger partial charge in [0, 0.05) is 6.42 Å². The predicted octanol–water partition coefficient (Wildman–Crippen LogP) is 16.6. The number of aliphatic hydroxyl groups excluding tert-OH is 5. The summed E-state index contributed by atoms with van der Waals surface area (Å²) in [6, 6.07) is -0.805. The third kappa shape index (κ3) is 44.4. The van der Waals surface area contributed by atoms with E-state index in [0.717, 1.165) is 64.2 Å². The van der Waals surface area contributed by atoms with Gasteiger partial charge in [0.1, 0.15) is 24.4 Å². The van der Waals surface area contributed by atoms with Crippen LogP contribution >= 0.6 is 0 Å². The Bertz CT molecular complexity index is 1360.